The van der Waals surface area contributed by atoms with Crippen LogP contribution in [-0.2, 0) is 22.7 Å². The van der Waals surface area contributed by atoms with E-state index in [9.17, 15) is 26.0 Å². The summed E-state index contributed by atoms with van der Waals surface area (Å²) in [7, 11) is -1.98. The van der Waals surface area contributed by atoms with Gasteiger partial charge >= 0.3 is 6.18 Å². The Bertz CT molecular complexity index is 1010. The quantitative estimate of drug-likeness (QED) is 0.598. The summed E-state index contributed by atoms with van der Waals surface area (Å²) in [5.74, 6) is -0.689. The normalized spacial score (nSPS) is 16.9. The van der Waals surface area contributed by atoms with Crippen LogP contribution < -0.4 is 0 Å². The second kappa shape index (κ2) is 8.82. The lowest BCUT2D eigenvalue weighted by Crippen LogP contribution is -2.45. The van der Waals surface area contributed by atoms with Gasteiger partial charge in [-0.15, -0.1) is 0 Å². The minimum absolute atomic E-state index is 0.0304. The molecule has 0 N–H and O–H groups in total. The third kappa shape index (κ3) is 5.14. The van der Waals surface area contributed by atoms with Crippen molar-refractivity contribution in [2.24, 2.45) is 0 Å². The van der Waals surface area contributed by atoms with Gasteiger partial charge in [-0.05, 0) is 49.7 Å². The predicted molar refractivity (Wildman–Crippen MR) is 106 cm³/mol. The van der Waals surface area contributed by atoms with E-state index in [1.807, 2.05) is 11.9 Å². The number of rotatable bonds is 5. The average molecular weight is 465 g/mol. The van der Waals surface area contributed by atoms with Gasteiger partial charge in [0.2, 0.25) is 10.0 Å². The van der Waals surface area contributed by atoms with Crippen molar-refractivity contribution in [1.82, 2.24) is 9.21 Å². The number of benzene rings is 2. The third-order valence-corrected chi connectivity index (χ3v) is 7.45. The Morgan fingerprint density at radius 1 is 1.13 bits per heavy atom. The van der Waals surface area contributed by atoms with E-state index >= 15 is 0 Å². The van der Waals surface area contributed by atoms with Crippen molar-refractivity contribution in [2.75, 3.05) is 20.1 Å². The molecular formula is C20H21ClF4N2O2S. The zero-order chi connectivity index (χ0) is 22.1. The Morgan fingerprint density at radius 2 is 1.80 bits per heavy atom. The molecule has 3 rings (SSSR count). The molecule has 0 amide bonds. The summed E-state index contributed by atoms with van der Waals surface area (Å²) >= 11 is 5.70. The van der Waals surface area contributed by atoms with Crippen molar-refractivity contribution >= 4 is 21.6 Å². The van der Waals surface area contributed by atoms with Crippen LogP contribution in [-0.4, -0.2) is 43.8 Å². The van der Waals surface area contributed by atoms with Crippen LogP contribution in [0.25, 0.3) is 0 Å². The van der Waals surface area contributed by atoms with Crippen molar-refractivity contribution < 1.29 is 26.0 Å². The van der Waals surface area contributed by atoms with E-state index in [0.29, 0.717) is 24.9 Å². The highest BCUT2D eigenvalue weighted by atomic mass is 35.5. The van der Waals surface area contributed by atoms with Gasteiger partial charge in [0.25, 0.3) is 0 Å². The van der Waals surface area contributed by atoms with Crippen molar-refractivity contribution in [3.8, 4) is 0 Å². The molecule has 0 aliphatic carbocycles. The molecule has 0 bridgehead atoms. The summed E-state index contributed by atoms with van der Waals surface area (Å²) in [5.41, 5.74) is -0.143. The molecule has 164 valence electrons. The highest BCUT2D eigenvalue weighted by Crippen LogP contribution is 2.30. The smallest absolute Gasteiger partial charge is 0.299 e. The largest absolute Gasteiger partial charge is 0.416 e. The maximum atomic E-state index is 13.3. The van der Waals surface area contributed by atoms with Crippen LogP contribution in [0.5, 0.6) is 0 Å². The molecule has 0 saturated carbocycles. The molecule has 10 heteroatoms. The predicted octanol–water partition coefficient (Wildman–Crippen LogP) is 4.78. The van der Waals surface area contributed by atoms with Crippen LogP contribution >= 0.6 is 11.6 Å². The van der Waals surface area contributed by atoms with Crippen LogP contribution in [0.4, 0.5) is 17.6 Å². The third-order valence-electron chi connectivity index (χ3n) is 5.26. The van der Waals surface area contributed by atoms with E-state index < -0.39 is 27.6 Å². The Hall–Kier alpha value is -1.68. The molecule has 0 spiro atoms. The minimum atomic E-state index is -4.39. The number of sulfonamides is 1. The molecule has 1 aliphatic rings. The van der Waals surface area contributed by atoms with Gasteiger partial charge in [-0.25, -0.2) is 12.8 Å². The summed E-state index contributed by atoms with van der Waals surface area (Å²) in [6.45, 7) is 0.846. The maximum Gasteiger partial charge on any atom is 0.416 e. The summed E-state index contributed by atoms with van der Waals surface area (Å²) in [4.78, 5) is 1.87. The molecule has 1 saturated heterocycles. The Morgan fingerprint density at radius 3 is 2.40 bits per heavy atom. The molecule has 4 nitrogen and oxygen atoms in total. The Labute approximate surface area is 178 Å². The van der Waals surface area contributed by atoms with E-state index in [2.05, 4.69) is 0 Å². The molecule has 30 heavy (non-hydrogen) atoms. The fourth-order valence-corrected chi connectivity index (χ4v) is 5.31. The Kier molecular flexibility index (Phi) is 6.76. The first-order chi connectivity index (χ1) is 14.0. The van der Waals surface area contributed by atoms with Gasteiger partial charge in [0.05, 0.1) is 15.5 Å². The molecular weight excluding hydrogens is 444 g/mol. The molecule has 0 atom stereocenters. The second-order valence-electron chi connectivity index (χ2n) is 7.32. The molecule has 0 aromatic heterocycles. The van der Waals surface area contributed by atoms with Crippen molar-refractivity contribution in [3.05, 3.63) is 64.4 Å². The first-order valence-electron chi connectivity index (χ1n) is 9.30. The SMILES string of the molecule is CN(Cc1cccc(C(F)(F)F)c1)C1CCN(S(=O)(=O)c2ccc(F)c(Cl)c2)CC1. The molecule has 0 unspecified atom stereocenters. The summed E-state index contributed by atoms with van der Waals surface area (Å²) in [6, 6.07) is 8.52. The fourth-order valence-electron chi connectivity index (χ4n) is 3.57. The summed E-state index contributed by atoms with van der Waals surface area (Å²) in [5, 5.41) is -0.258. The zero-order valence-electron chi connectivity index (χ0n) is 16.2. The van der Waals surface area contributed by atoms with E-state index in [0.717, 1.165) is 24.3 Å². The monoisotopic (exact) mass is 464 g/mol. The van der Waals surface area contributed by atoms with Crippen molar-refractivity contribution in [2.45, 2.75) is 36.5 Å². The van der Waals surface area contributed by atoms with Crippen LogP contribution in [0.15, 0.2) is 47.4 Å². The average Bonchev–Trinajstić information content (AvgIpc) is 2.69. The van der Waals surface area contributed by atoms with Gasteiger partial charge in [0, 0.05) is 25.7 Å². The van der Waals surface area contributed by atoms with E-state index in [1.165, 1.54) is 16.4 Å². The minimum Gasteiger partial charge on any atom is -0.299 e. The first kappa shape index (κ1) is 23.0. The highest BCUT2D eigenvalue weighted by molar-refractivity contribution is 7.89. The first-order valence-corrected chi connectivity index (χ1v) is 11.1. The Balaban J connectivity index is 1.63. The summed E-state index contributed by atoms with van der Waals surface area (Å²) in [6.07, 6.45) is -3.33. The number of halogens is 5. The molecule has 2 aromatic rings. The molecule has 1 aliphatic heterocycles. The van der Waals surface area contributed by atoms with Gasteiger partial charge < -0.3 is 0 Å². The second-order valence-corrected chi connectivity index (χ2v) is 9.67. The van der Waals surface area contributed by atoms with Gasteiger partial charge in [-0.2, -0.15) is 17.5 Å². The molecule has 1 fully saturated rings. The van der Waals surface area contributed by atoms with Crippen molar-refractivity contribution in [3.63, 3.8) is 0 Å². The fraction of sp³-hybridized carbons (Fsp3) is 0.400. The van der Waals surface area contributed by atoms with Crippen molar-refractivity contribution in [1.29, 1.82) is 0 Å². The van der Waals surface area contributed by atoms with E-state index in [-0.39, 0.29) is 29.0 Å². The topological polar surface area (TPSA) is 40.6 Å². The van der Waals surface area contributed by atoms with Gasteiger partial charge in [0.15, 0.2) is 0 Å². The van der Waals surface area contributed by atoms with E-state index in [4.69, 9.17) is 11.6 Å². The lowest BCUT2D eigenvalue weighted by atomic mass is 10.0. The number of hydrogen-bond acceptors (Lipinski definition) is 3. The molecule has 0 radical (unpaired) electrons. The van der Waals surface area contributed by atoms with Gasteiger partial charge in [-0.1, -0.05) is 29.8 Å². The van der Waals surface area contributed by atoms with Crippen LogP contribution in [0.1, 0.15) is 24.0 Å². The highest BCUT2D eigenvalue weighted by Gasteiger charge is 2.32. The number of alkyl halides is 3. The summed E-state index contributed by atoms with van der Waals surface area (Å²) < 4.78 is 78.9. The molecule has 1 heterocycles. The number of piperidine rings is 1. The van der Waals surface area contributed by atoms with Crippen LogP contribution in [0.3, 0.4) is 0 Å². The van der Waals surface area contributed by atoms with E-state index in [1.54, 1.807) is 6.07 Å². The number of hydrogen-bond donors (Lipinski definition) is 0. The van der Waals surface area contributed by atoms with Crippen LogP contribution in [0, 0.1) is 5.82 Å². The van der Waals surface area contributed by atoms with Gasteiger partial charge in [0.1, 0.15) is 5.82 Å². The maximum absolute atomic E-state index is 13.3. The van der Waals surface area contributed by atoms with Crippen LogP contribution in [0.2, 0.25) is 5.02 Å². The molecule has 2 aromatic carbocycles. The lowest BCUT2D eigenvalue weighted by Gasteiger charge is -2.36. The number of nitrogens with zero attached hydrogens (tertiary/aromatic N) is 2. The van der Waals surface area contributed by atoms with Gasteiger partial charge in [-0.3, -0.25) is 4.90 Å². The lowest BCUT2D eigenvalue weighted by molar-refractivity contribution is -0.137. The standard InChI is InChI=1S/C20H21ClF4N2O2S/c1-26(13-14-3-2-4-15(11-14)20(23,24)25)16-7-9-27(10-8-16)30(28,29)17-5-6-19(22)18(21)12-17/h2-6,11-12,16H,7-10,13H2,1H3. The zero-order valence-corrected chi connectivity index (χ0v) is 17.7.